The maximum Gasteiger partial charge on any atom is 0.308 e. The second kappa shape index (κ2) is 10.8. The second-order valence-corrected chi connectivity index (χ2v) is 7.35. The van der Waals surface area contributed by atoms with E-state index in [2.05, 4.69) is 24.1 Å². The summed E-state index contributed by atoms with van der Waals surface area (Å²) in [6.07, 6.45) is 1.55. The van der Waals surface area contributed by atoms with Crippen molar-refractivity contribution in [3.8, 4) is 0 Å². The summed E-state index contributed by atoms with van der Waals surface area (Å²) in [6.45, 7) is 9.20. The number of hydrogen-bond acceptors (Lipinski definition) is 3. The second-order valence-electron chi connectivity index (χ2n) is 7.35. The molecule has 1 aromatic rings. The number of likely N-dealkylation sites (tertiary alicyclic amines) is 1. The molecule has 0 unspecified atom stereocenters. The van der Waals surface area contributed by atoms with Crippen molar-refractivity contribution in [2.24, 2.45) is 10.9 Å². The van der Waals surface area contributed by atoms with Crippen LogP contribution in [-0.2, 0) is 14.9 Å². The minimum Gasteiger partial charge on any atom is -0.469 e. The van der Waals surface area contributed by atoms with Crippen molar-refractivity contribution in [3.05, 3.63) is 35.6 Å². The van der Waals surface area contributed by atoms with Gasteiger partial charge in [0.1, 0.15) is 5.82 Å². The summed E-state index contributed by atoms with van der Waals surface area (Å²) >= 11 is 0. The number of hydrogen-bond donors (Lipinski definition) is 1. The number of methoxy groups -OCH3 is 1. The molecule has 1 aliphatic rings. The van der Waals surface area contributed by atoms with E-state index in [1.54, 1.807) is 0 Å². The van der Waals surface area contributed by atoms with Crippen molar-refractivity contribution in [3.63, 3.8) is 0 Å². The number of benzene rings is 1. The first kappa shape index (κ1) is 23.7. The van der Waals surface area contributed by atoms with Crippen molar-refractivity contribution in [2.75, 3.05) is 33.3 Å². The molecule has 0 amide bonds. The van der Waals surface area contributed by atoms with Gasteiger partial charge in [0.05, 0.1) is 19.6 Å². The van der Waals surface area contributed by atoms with E-state index in [4.69, 9.17) is 9.73 Å². The molecule has 1 heterocycles. The average molecular weight is 491 g/mol. The predicted octanol–water partition coefficient (Wildman–Crippen LogP) is 3.57. The first-order valence-electron chi connectivity index (χ1n) is 9.24. The summed E-state index contributed by atoms with van der Waals surface area (Å²) in [5.41, 5.74) is 0.863. The van der Waals surface area contributed by atoms with Gasteiger partial charge in [0.15, 0.2) is 5.96 Å². The van der Waals surface area contributed by atoms with Gasteiger partial charge in [0, 0.05) is 25.0 Å². The molecule has 0 radical (unpaired) electrons. The highest BCUT2D eigenvalue weighted by atomic mass is 127. The van der Waals surface area contributed by atoms with Crippen LogP contribution in [0.2, 0.25) is 0 Å². The molecule has 0 aliphatic carbocycles. The molecule has 0 saturated carbocycles. The van der Waals surface area contributed by atoms with E-state index in [1.807, 2.05) is 19.1 Å². The summed E-state index contributed by atoms with van der Waals surface area (Å²) in [6, 6.07) is 6.62. The van der Waals surface area contributed by atoms with E-state index in [9.17, 15) is 9.18 Å². The number of ether oxygens (including phenoxy) is 1. The Hall–Kier alpha value is -1.38. The number of rotatable bonds is 5. The van der Waals surface area contributed by atoms with Crippen LogP contribution in [0.15, 0.2) is 29.3 Å². The van der Waals surface area contributed by atoms with Crippen LogP contribution in [0.25, 0.3) is 0 Å². The Morgan fingerprint density at radius 2 is 1.89 bits per heavy atom. The molecule has 1 aromatic carbocycles. The van der Waals surface area contributed by atoms with Gasteiger partial charge in [-0.15, -0.1) is 24.0 Å². The van der Waals surface area contributed by atoms with Gasteiger partial charge in [0.25, 0.3) is 0 Å². The van der Waals surface area contributed by atoms with E-state index in [1.165, 1.54) is 19.2 Å². The number of aliphatic imine (C=N–C) groups is 1. The summed E-state index contributed by atoms with van der Waals surface area (Å²) in [5.74, 6) is 0.500. The van der Waals surface area contributed by atoms with Gasteiger partial charge < -0.3 is 15.0 Å². The van der Waals surface area contributed by atoms with Crippen LogP contribution in [0.4, 0.5) is 4.39 Å². The van der Waals surface area contributed by atoms with Crippen molar-refractivity contribution in [1.29, 1.82) is 0 Å². The van der Waals surface area contributed by atoms with Gasteiger partial charge in [-0.3, -0.25) is 9.79 Å². The molecule has 152 valence electrons. The number of carbonyl (C=O) groups excluding carboxylic acids is 1. The number of nitrogens with zero attached hydrogens (tertiary/aromatic N) is 2. The van der Waals surface area contributed by atoms with Gasteiger partial charge in [0.2, 0.25) is 0 Å². The highest BCUT2D eigenvalue weighted by molar-refractivity contribution is 14.0. The Morgan fingerprint density at radius 1 is 1.30 bits per heavy atom. The maximum absolute atomic E-state index is 13.2. The minimum absolute atomic E-state index is 0. The van der Waals surface area contributed by atoms with Crippen molar-refractivity contribution < 1.29 is 13.9 Å². The average Bonchev–Trinajstić information content (AvgIpc) is 2.65. The fourth-order valence-corrected chi connectivity index (χ4v) is 3.18. The Balaban J connectivity index is 0.00000364. The number of guanidine groups is 1. The number of nitrogens with one attached hydrogen (secondary N) is 1. The van der Waals surface area contributed by atoms with Crippen LogP contribution >= 0.6 is 24.0 Å². The molecule has 5 nitrogen and oxygen atoms in total. The fourth-order valence-electron chi connectivity index (χ4n) is 3.18. The van der Waals surface area contributed by atoms with Crippen molar-refractivity contribution in [1.82, 2.24) is 10.2 Å². The third-order valence-corrected chi connectivity index (χ3v) is 4.91. The Labute approximate surface area is 178 Å². The molecule has 0 spiro atoms. The van der Waals surface area contributed by atoms with Crippen LogP contribution < -0.4 is 5.32 Å². The topological polar surface area (TPSA) is 53.9 Å². The zero-order valence-electron chi connectivity index (χ0n) is 16.6. The molecule has 0 atom stereocenters. The lowest BCUT2D eigenvalue weighted by atomic mass is 9.85. The largest absolute Gasteiger partial charge is 0.469 e. The zero-order valence-corrected chi connectivity index (χ0v) is 19.0. The van der Waals surface area contributed by atoms with Crippen LogP contribution in [0.1, 0.15) is 39.2 Å². The Morgan fingerprint density at radius 3 is 2.41 bits per heavy atom. The number of esters is 1. The van der Waals surface area contributed by atoms with Gasteiger partial charge >= 0.3 is 5.97 Å². The lowest BCUT2D eigenvalue weighted by molar-refractivity contribution is -0.146. The molecule has 1 N–H and O–H groups in total. The highest BCUT2D eigenvalue weighted by Gasteiger charge is 2.27. The van der Waals surface area contributed by atoms with E-state index in [-0.39, 0.29) is 47.1 Å². The summed E-state index contributed by atoms with van der Waals surface area (Å²) in [4.78, 5) is 18.7. The monoisotopic (exact) mass is 491 g/mol. The molecule has 1 aliphatic heterocycles. The van der Waals surface area contributed by atoms with E-state index >= 15 is 0 Å². The van der Waals surface area contributed by atoms with Crippen LogP contribution in [0.3, 0.4) is 0 Å². The fraction of sp³-hybridized carbons (Fsp3) is 0.600. The number of carbonyl (C=O) groups is 1. The molecule has 2 rings (SSSR count). The third kappa shape index (κ3) is 6.62. The van der Waals surface area contributed by atoms with Crippen LogP contribution in [0, 0.1) is 11.7 Å². The summed E-state index contributed by atoms with van der Waals surface area (Å²) < 4.78 is 18.0. The first-order chi connectivity index (χ1) is 12.4. The highest BCUT2D eigenvalue weighted by Crippen LogP contribution is 2.24. The standard InChI is InChI=1S/C20H30FN3O2.HI/c1-5-22-19(24-12-10-15(11-13-24)18(25)26-4)23-14-20(2,3)16-6-8-17(21)9-7-16;/h6-9,15H,5,10-14H2,1-4H3,(H,22,23);1H. The molecule has 7 heteroatoms. The predicted molar refractivity (Wildman–Crippen MR) is 117 cm³/mol. The normalized spacial score (nSPS) is 15.9. The molecular formula is C20H31FIN3O2. The molecule has 27 heavy (non-hydrogen) atoms. The Bertz CT molecular complexity index is 627. The van der Waals surface area contributed by atoms with Crippen molar-refractivity contribution in [2.45, 2.75) is 39.0 Å². The van der Waals surface area contributed by atoms with E-state index in [0.717, 1.165) is 44.0 Å². The molecule has 1 saturated heterocycles. The Kier molecular flexibility index (Phi) is 9.49. The lowest BCUT2D eigenvalue weighted by Gasteiger charge is -2.34. The SMILES string of the molecule is CCNC(=NCC(C)(C)c1ccc(F)cc1)N1CCC(C(=O)OC)CC1.I. The summed E-state index contributed by atoms with van der Waals surface area (Å²) in [5, 5.41) is 3.34. The maximum atomic E-state index is 13.2. The van der Waals surface area contributed by atoms with Crippen LogP contribution in [0.5, 0.6) is 0 Å². The number of piperidine rings is 1. The zero-order chi connectivity index (χ0) is 19.2. The lowest BCUT2D eigenvalue weighted by Crippen LogP contribution is -2.47. The smallest absolute Gasteiger partial charge is 0.308 e. The van der Waals surface area contributed by atoms with Crippen molar-refractivity contribution >= 4 is 35.9 Å². The summed E-state index contributed by atoms with van der Waals surface area (Å²) in [7, 11) is 1.44. The van der Waals surface area contributed by atoms with Gasteiger partial charge in [-0.1, -0.05) is 26.0 Å². The molecule has 1 fully saturated rings. The minimum atomic E-state index is -0.227. The van der Waals surface area contributed by atoms with Gasteiger partial charge in [-0.05, 0) is 37.5 Å². The van der Waals surface area contributed by atoms with E-state index in [0.29, 0.717) is 6.54 Å². The first-order valence-corrected chi connectivity index (χ1v) is 9.24. The third-order valence-electron chi connectivity index (χ3n) is 4.91. The van der Waals surface area contributed by atoms with Gasteiger partial charge in [-0.2, -0.15) is 0 Å². The molecule has 0 aromatic heterocycles. The quantitative estimate of drug-likeness (QED) is 0.296. The molecular weight excluding hydrogens is 460 g/mol. The van der Waals surface area contributed by atoms with E-state index < -0.39 is 0 Å². The van der Waals surface area contributed by atoms with Crippen LogP contribution in [-0.4, -0.2) is 50.1 Å². The number of halogens is 2. The van der Waals surface area contributed by atoms with Gasteiger partial charge in [-0.25, -0.2) is 4.39 Å². The molecule has 0 bridgehead atoms.